The first-order valence-electron chi connectivity index (χ1n) is 5.32. The summed E-state index contributed by atoms with van der Waals surface area (Å²) in [5.74, 6) is 0.784. The quantitative estimate of drug-likeness (QED) is 0.849. The Hall–Kier alpha value is -2.23. The maximum atomic E-state index is 5.83. The Morgan fingerprint density at radius 1 is 1.24 bits per heavy atom. The summed E-state index contributed by atoms with van der Waals surface area (Å²) in [5, 5.41) is 3.24. The Morgan fingerprint density at radius 2 is 2.06 bits per heavy atom. The van der Waals surface area contributed by atoms with Gasteiger partial charge in [-0.05, 0) is 30.7 Å². The van der Waals surface area contributed by atoms with Crippen LogP contribution in [0.15, 0.2) is 36.7 Å². The van der Waals surface area contributed by atoms with Crippen molar-refractivity contribution in [2.24, 2.45) is 0 Å². The van der Waals surface area contributed by atoms with Crippen molar-refractivity contribution in [3.05, 3.63) is 42.2 Å². The Labute approximate surface area is 100 Å². The van der Waals surface area contributed by atoms with Crippen LogP contribution in [0.5, 0.6) is 5.75 Å². The molecule has 0 fully saturated rings. The van der Waals surface area contributed by atoms with Gasteiger partial charge in [0.25, 0.3) is 0 Å². The normalized spacial score (nSPS) is 10.0. The third-order valence-corrected chi connectivity index (χ3v) is 2.48. The molecule has 0 saturated carbocycles. The highest BCUT2D eigenvalue weighted by Gasteiger charge is 2.05. The van der Waals surface area contributed by atoms with Crippen LogP contribution in [0.25, 0.3) is 0 Å². The summed E-state index contributed by atoms with van der Waals surface area (Å²) in [4.78, 5) is 3.95. The van der Waals surface area contributed by atoms with Gasteiger partial charge >= 0.3 is 0 Å². The van der Waals surface area contributed by atoms with Crippen LogP contribution < -0.4 is 15.8 Å². The van der Waals surface area contributed by atoms with Gasteiger partial charge in [0.15, 0.2) is 0 Å². The van der Waals surface area contributed by atoms with E-state index in [0.717, 1.165) is 22.7 Å². The van der Waals surface area contributed by atoms with Crippen molar-refractivity contribution < 1.29 is 4.74 Å². The van der Waals surface area contributed by atoms with E-state index < -0.39 is 0 Å². The second-order valence-electron chi connectivity index (χ2n) is 3.79. The fourth-order valence-corrected chi connectivity index (χ4v) is 1.59. The number of aromatic nitrogens is 1. The van der Waals surface area contributed by atoms with Gasteiger partial charge in [-0.1, -0.05) is 6.07 Å². The molecule has 17 heavy (non-hydrogen) atoms. The van der Waals surface area contributed by atoms with E-state index in [1.165, 1.54) is 0 Å². The van der Waals surface area contributed by atoms with Crippen LogP contribution in [0.2, 0.25) is 0 Å². The fourth-order valence-electron chi connectivity index (χ4n) is 1.59. The summed E-state index contributed by atoms with van der Waals surface area (Å²) < 4.78 is 5.29. The highest BCUT2D eigenvalue weighted by molar-refractivity contribution is 5.74. The molecule has 0 bridgehead atoms. The Bertz CT molecular complexity index is 526. The molecule has 0 amide bonds. The van der Waals surface area contributed by atoms with Crippen molar-refractivity contribution in [1.82, 2.24) is 4.98 Å². The summed E-state index contributed by atoms with van der Waals surface area (Å²) in [5.41, 5.74) is 9.31. The Kier molecular flexibility index (Phi) is 3.14. The van der Waals surface area contributed by atoms with Crippen molar-refractivity contribution >= 4 is 17.1 Å². The molecule has 2 rings (SSSR count). The van der Waals surface area contributed by atoms with Crippen molar-refractivity contribution in [2.45, 2.75) is 6.92 Å². The number of anilines is 3. The molecule has 1 heterocycles. The molecule has 2 aromatic rings. The molecule has 1 aromatic heterocycles. The molecular weight excluding hydrogens is 214 g/mol. The molecule has 4 nitrogen and oxygen atoms in total. The molecule has 0 aliphatic heterocycles. The van der Waals surface area contributed by atoms with Gasteiger partial charge in [0.2, 0.25) is 0 Å². The second-order valence-corrected chi connectivity index (χ2v) is 3.79. The van der Waals surface area contributed by atoms with E-state index in [0.29, 0.717) is 5.69 Å². The summed E-state index contributed by atoms with van der Waals surface area (Å²) in [6.45, 7) is 2.03. The van der Waals surface area contributed by atoms with Crippen LogP contribution in [-0.2, 0) is 0 Å². The summed E-state index contributed by atoms with van der Waals surface area (Å²) >= 11 is 0. The van der Waals surface area contributed by atoms with Gasteiger partial charge in [-0.2, -0.15) is 0 Å². The number of hydrogen-bond donors (Lipinski definition) is 2. The number of nitrogens with one attached hydrogen (secondary N) is 1. The Balaban J connectivity index is 2.35. The maximum absolute atomic E-state index is 5.83. The highest BCUT2D eigenvalue weighted by Crippen LogP contribution is 2.30. The number of benzene rings is 1. The van der Waals surface area contributed by atoms with Crippen LogP contribution >= 0.6 is 0 Å². The molecule has 88 valence electrons. The Morgan fingerprint density at radius 3 is 2.76 bits per heavy atom. The van der Waals surface area contributed by atoms with Crippen molar-refractivity contribution in [3.63, 3.8) is 0 Å². The third-order valence-electron chi connectivity index (χ3n) is 2.48. The van der Waals surface area contributed by atoms with Crippen LogP contribution in [0.4, 0.5) is 17.1 Å². The van der Waals surface area contributed by atoms with Gasteiger partial charge in [-0.15, -0.1) is 0 Å². The maximum Gasteiger partial charge on any atom is 0.142 e. The molecule has 3 N–H and O–H groups in total. The molecule has 1 aromatic carbocycles. The standard InChI is InChI=1S/C13H15N3O/c1-9-3-4-13(17-2)12(7-9)16-11-5-6-15-8-10(11)14/h3-8H,14H2,1-2H3,(H,15,16). The minimum absolute atomic E-state index is 0.607. The first-order chi connectivity index (χ1) is 8.20. The lowest BCUT2D eigenvalue weighted by molar-refractivity contribution is 0.416. The number of pyridine rings is 1. The van der Waals surface area contributed by atoms with E-state index in [2.05, 4.69) is 10.3 Å². The SMILES string of the molecule is COc1ccc(C)cc1Nc1ccncc1N. The molecule has 0 spiro atoms. The molecule has 0 unspecified atom stereocenters. The van der Waals surface area contributed by atoms with Gasteiger partial charge in [-0.3, -0.25) is 4.98 Å². The monoisotopic (exact) mass is 229 g/mol. The lowest BCUT2D eigenvalue weighted by atomic mass is 10.2. The summed E-state index contributed by atoms with van der Waals surface area (Å²) in [6, 6.07) is 7.77. The number of aryl methyl sites for hydroxylation is 1. The molecule has 0 aliphatic rings. The number of rotatable bonds is 3. The van der Waals surface area contributed by atoms with Gasteiger partial charge in [0.05, 0.1) is 30.4 Å². The first kappa shape index (κ1) is 11.3. The predicted molar refractivity (Wildman–Crippen MR) is 69.7 cm³/mol. The second kappa shape index (κ2) is 4.74. The van der Waals surface area contributed by atoms with E-state index in [1.54, 1.807) is 19.5 Å². The molecule has 4 heteroatoms. The third kappa shape index (κ3) is 2.47. The van der Waals surface area contributed by atoms with Crippen LogP contribution in [0.1, 0.15) is 5.56 Å². The molecule has 0 saturated heterocycles. The van der Waals surface area contributed by atoms with E-state index in [4.69, 9.17) is 10.5 Å². The van der Waals surface area contributed by atoms with Gasteiger partial charge in [0.1, 0.15) is 5.75 Å². The van der Waals surface area contributed by atoms with Crippen molar-refractivity contribution in [1.29, 1.82) is 0 Å². The van der Waals surface area contributed by atoms with Crippen LogP contribution in [0, 0.1) is 6.92 Å². The van der Waals surface area contributed by atoms with Crippen LogP contribution in [0.3, 0.4) is 0 Å². The van der Waals surface area contributed by atoms with Crippen molar-refractivity contribution in [2.75, 3.05) is 18.2 Å². The van der Waals surface area contributed by atoms with Crippen molar-refractivity contribution in [3.8, 4) is 5.75 Å². The molecule has 0 atom stereocenters. The number of nitrogen functional groups attached to an aromatic ring is 1. The highest BCUT2D eigenvalue weighted by atomic mass is 16.5. The zero-order valence-electron chi connectivity index (χ0n) is 9.90. The van der Waals surface area contributed by atoms with Gasteiger partial charge in [-0.25, -0.2) is 0 Å². The van der Waals surface area contributed by atoms with Gasteiger partial charge in [0, 0.05) is 6.20 Å². The number of nitrogens with two attached hydrogens (primary N) is 1. The smallest absolute Gasteiger partial charge is 0.142 e. The van der Waals surface area contributed by atoms with E-state index in [1.807, 2.05) is 31.2 Å². The average Bonchev–Trinajstić information content (AvgIpc) is 2.32. The minimum Gasteiger partial charge on any atom is -0.495 e. The lowest BCUT2D eigenvalue weighted by Gasteiger charge is -2.13. The fraction of sp³-hybridized carbons (Fsp3) is 0.154. The first-order valence-corrected chi connectivity index (χ1v) is 5.32. The largest absolute Gasteiger partial charge is 0.495 e. The predicted octanol–water partition coefficient (Wildman–Crippen LogP) is 2.72. The molecule has 0 aliphatic carbocycles. The number of hydrogen-bond acceptors (Lipinski definition) is 4. The zero-order chi connectivity index (χ0) is 12.3. The minimum atomic E-state index is 0.607. The summed E-state index contributed by atoms with van der Waals surface area (Å²) in [7, 11) is 1.64. The van der Waals surface area contributed by atoms with E-state index >= 15 is 0 Å². The topological polar surface area (TPSA) is 60.2 Å². The average molecular weight is 229 g/mol. The lowest BCUT2D eigenvalue weighted by Crippen LogP contribution is -1.99. The van der Waals surface area contributed by atoms with Crippen LogP contribution in [-0.4, -0.2) is 12.1 Å². The zero-order valence-corrected chi connectivity index (χ0v) is 9.90. The molecule has 0 radical (unpaired) electrons. The number of ether oxygens (including phenoxy) is 1. The van der Waals surface area contributed by atoms with E-state index in [-0.39, 0.29) is 0 Å². The number of nitrogens with zero attached hydrogens (tertiary/aromatic N) is 1. The molecular formula is C13H15N3O. The van der Waals surface area contributed by atoms with E-state index in [9.17, 15) is 0 Å². The summed E-state index contributed by atoms with van der Waals surface area (Å²) in [6.07, 6.45) is 3.31. The van der Waals surface area contributed by atoms with Gasteiger partial charge < -0.3 is 15.8 Å². The number of methoxy groups -OCH3 is 1.